The van der Waals surface area contributed by atoms with Gasteiger partial charge >= 0.3 is 0 Å². The molecule has 0 spiro atoms. The van der Waals surface area contributed by atoms with Crippen LogP contribution in [0.25, 0.3) is 21.7 Å². The maximum absolute atomic E-state index is 13.7. The molecule has 2 N–H and O–H groups in total. The van der Waals surface area contributed by atoms with Gasteiger partial charge in [-0.2, -0.15) is 0 Å². The summed E-state index contributed by atoms with van der Waals surface area (Å²) in [6.45, 7) is 3.51. The number of nitrogens with one attached hydrogen (secondary N) is 1. The number of carbonyl (C=O) groups is 1. The number of carbonyl (C=O) groups excluding carboxylic acids is 1. The van der Waals surface area contributed by atoms with Crippen molar-refractivity contribution in [1.29, 1.82) is 0 Å². The van der Waals surface area contributed by atoms with Gasteiger partial charge in [-0.3, -0.25) is 9.78 Å². The van der Waals surface area contributed by atoms with Gasteiger partial charge in [0.1, 0.15) is 17.0 Å². The summed E-state index contributed by atoms with van der Waals surface area (Å²) < 4.78 is 11.7. The lowest BCUT2D eigenvalue weighted by Crippen LogP contribution is -2.22. The van der Waals surface area contributed by atoms with Crippen LogP contribution < -0.4 is 15.6 Å². The summed E-state index contributed by atoms with van der Waals surface area (Å²) in [4.78, 5) is 22.7. The van der Waals surface area contributed by atoms with Crippen molar-refractivity contribution in [3.63, 3.8) is 0 Å². The number of ether oxygens (including phenoxy) is 1. The molecule has 36 heavy (non-hydrogen) atoms. The predicted molar refractivity (Wildman–Crippen MR) is 140 cm³/mol. The molecular formula is C29H25N3O4. The molecule has 3 aromatic carbocycles. The second-order valence-corrected chi connectivity index (χ2v) is 8.50. The Morgan fingerprint density at radius 2 is 1.86 bits per heavy atom. The van der Waals surface area contributed by atoms with E-state index in [9.17, 15) is 9.90 Å². The summed E-state index contributed by atoms with van der Waals surface area (Å²) in [6, 6.07) is 20.9. The van der Waals surface area contributed by atoms with Gasteiger partial charge in [0.2, 0.25) is 5.55 Å². The Morgan fingerprint density at radius 1 is 1.06 bits per heavy atom. The fraction of sp³-hybridized carbons (Fsp3) is 0.138. The molecule has 5 aromatic rings. The van der Waals surface area contributed by atoms with Gasteiger partial charge in [0.15, 0.2) is 5.58 Å². The third-order valence-electron chi connectivity index (χ3n) is 6.06. The first-order chi connectivity index (χ1) is 17.5. The molecule has 0 fully saturated rings. The number of amides is 1. The van der Waals surface area contributed by atoms with E-state index in [1.54, 1.807) is 26.3 Å². The Balaban J connectivity index is 1.74. The van der Waals surface area contributed by atoms with Crippen LogP contribution in [-0.2, 0) is 6.61 Å². The standard InChI is InChI=1S/C29H25N3O4/c1-17-11-12-26(35-3)25(13-17)32-29-23(14-22-20(16-33)15-30-18(2)27(22)36-29)28(34)31-24-10-6-8-19-7-4-5-9-21(19)24/h4-15,33H,16H2,1-3H3,(H,31,34). The quantitative estimate of drug-likeness (QED) is 0.343. The second kappa shape index (κ2) is 9.64. The molecule has 0 atom stereocenters. The Kier molecular flexibility index (Phi) is 6.23. The normalized spacial score (nSPS) is 11.7. The molecule has 0 saturated heterocycles. The molecule has 0 bridgehead atoms. The zero-order valence-electron chi connectivity index (χ0n) is 20.2. The van der Waals surface area contributed by atoms with E-state index in [1.165, 1.54) is 0 Å². The second-order valence-electron chi connectivity index (χ2n) is 8.50. The molecular weight excluding hydrogens is 454 g/mol. The summed E-state index contributed by atoms with van der Waals surface area (Å²) in [5, 5.41) is 15.4. The van der Waals surface area contributed by atoms with Crippen molar-refractivity contribution >= 4 is 39.0 Å². The monoisotopic (exact) mass is 479 g/mol. The molecule has 2 aromatic heterocycles. The molecule has 7 nitrogen and oxygen atoms in total. The number of fused-ring (bicyclic) bond motifs is 2. The third kappa shape index (κ3) is 4.32. The molecule has 5 rings (SSSR count). The summed E-state index contributed by atoms with van der Waals surface area (Å²) in [6.07, 6.45) is 1.58. The molecule has 7 heteroatoms. The van der Waals surface area contributed by atoms with E-state index >= 15 is 0 Å². The maximum Gasteiger partial charge on any atom is 0.261 e. The smallest absolute Gasteiger partial charge is 0.261 e. The van der Waals surface area contributed by atoms with E-state index in [-0.39, 0.29) is 23.6 Å². The Labute approximate surface area is 207 Å². The van der Waals surface area contributed by atoms with E-state index in [0.29, 0.717) is 39.4 Å². The summed E-state index contributed by atoms with van der Waals surface area (Å²) in [7, 11) is 1.57. The third-order valence-corrected chi connectivity index (χ3v) is 6.06. The zero-order chi connectivity index (χ0) is 25.2. The highest BCUT2D eigenvalue weighted by Gasteiger charge is 2.18. The number of hydrogen-bond acceptors (Lipinski definition) is 6. The zero-order valence-corrected chi connectivity index (χ0v) is 20.2. The van der Waals surface area contributed by atoms with Gasteiger partial charge in [-0.25, -0.2) is 4.99 Å². The van der Waals surface area contributed by atoms with Crippen molar-refractivity contribution in [3.05, 3.63) is 101 Å². The number of aromatic nitrogens is 1. The SMILES string of the molecule is COc1ccc(C)cc1N=c1oc2c(C)ncc(CO)c2cc1C(=O)Nc1cccc2ccccc12. The largest absolute Gasteiger partial charge is 0.494 e. The first-order valence-electron chi connectivity index (χ1n) is 11.5. The van der Waals surface area contributed by atoms with Gasteiger partial charge in [0.25, 0.3) is 5.91 Å². The van der Waals surface area contributed by atoms with Crippen LogP contribution in [0.3, 0.4) is 0 Å². The predicted octanol–water partition coefficient (Wildman–Crippen LogP) is 5.58. The van der Waals surface area contributed by atoms with Crippen LogP contribution in [0.15, 0.2) is 82.3 Å². The van der Waals surface area contributed by atoms with Crippen LogP contribution >= 0.6 is 0 Å². The number of aliphatic hydroxyl groups excluding tert-OH is 1. The minimum atomic E-state index is -0.388. The van der Waals surface area contributed by atoms with Gasteiger partial charge < -0.3 is 19.6 Å². The van der Waals surface area contributed by atoms with E-state index in [0.717, 1.165) is 16.3 Å². The number of methoxy groups -OCH3 is 1. The Bertz CT molecular complexity index is 1680. The average molecular weight is 480 g/mol. The van der Waals surface area contributed by atoms with Crippen molar-refractivity contribution in [2.75, 3.05) is 12.4 Å². The number of nitrogens with zero attached hydrogens (tertiary/aromatic N) is 2. The molecule has 0 saturated carbocycles. The van der Waals surface area contributed by atoms with Crippen LogP contribution in [-0.4, -0.2) is 23.1 Å². The van der Waals surface area contributed by atoms with Crippen molar-refractivity contribution in [2.45, 2.75) is 20.5 Å². The van der Waals surface area contributed by atoms with Crippen LogP contribution in [0, 0.1) is 13.8 Å². The Hall–Kier alpha value is -4.49. The number of aryl methyl sites for hydroxylation is 2. The molecule has 180 valence electrons. The minimum Gasteiger partial charge on any atom is -0.494 e. The highest BCUT2D eigenvalue weighted by molar-refractivity contribution is 6.10. The highest BCUT2D eigenvalue weighted by Crippen LogP contribution is 2.29. The summed E-state index contributed by atoms with van der Waals surface area (Å²) >= 11 is 0. The van der Waals surface area contributed by atoms with E-state index < -0.39 is 0 Å². The number of benzene rings is 3. The molecule has 2 heterocycles. The van der Waals surface area contributed by atoms with Crippen molar-refractivity contribution in [2.24, 2.45) is 4.99 Å². The lowest BCUT2D eigenvalue weighted by atomic mass is 10.1. The number of anilines is 1. The van der Waals surface area contributed by atoms with Gasteiger partial charge in [0.05, 0.1) is 19.4 Å². The van der Waals surface area contributed by atoms with Crippen LogP contribution in [0.5, 0.6) is 5.75 Å². The van der Waals surface area contributed by atoms with Gasteiger partial charge in [-0.05, 0) is 49.1 Å². The first-order valence-corrected chi connectivity index (χ1v) is 11.5. The van der Waals surface area contributed by atoms with Gasteiger partial charge in [0, 0.05) is 28.2 Å². The van der Waals surface area contributed by atoms with Crippen molar-refractivity contribution in [1.82, 2.24) is 4.98 Å². The molecule has 0 aliphatic heterocycles. The highest BCUT2D eigenvalue weighted by atomic mass is 16.5. The lowest BCUT2D eigenvalue weighted by molar-refractivity contribution is 0.102. The summed E-state index contributed by atoms with van der Waals surface area (Å²) in [5.74, 6) is 0.163. The average Bonchev–Trinajstić information content (AvgIpc) is 2.89. The maximum atomic E-state index is 13.7. The Morgan fingerprint density at radius 3 is 2.67 bits per heavy atom. The minimum absolute atomic E-state index is 0.115. The molecule has 1 amide bonds. The van der Waals surface area contributed by atoms with Crippen LogP contribution in [0.2, 0.25) is 0 Å². The fourth-order valence-corrected chi connectivity index (χ4v) is 4.18. The number of rotatable bonds is 5. The van der Waals surface area contributed by atoms with E-state index in [4.69, 9.17) is 14.1 Å². The number of aliphatic hydroxyl groups is 1. The molecule has 0 aliphatic carbocycles. The topological polar surface area (TPSA) is 97.0 Å². The first kappa shape index (κ1) is 23.3. The number of hydrogen-bond donors (Lipinski definition) is 2. The van der Waals surface area contributed by atoms with Gasteiger partial charge in [-0.15, -0.1) is 0 Å². The van der Waals surface area contributed by atoms with Gasteiger partial charge in [-0.1, -0.05) is 42.5 Å². The van der Waals surface area contributed by atoms with Crippen LogP contribution in [0.4, 0.5) is 11.4 Å². The molecule has 0 radical (unpaired) electrons. The lowest BCUT2D eigenvalue weighted by Gasteiger charge is -2.12. The number of pyridine rings is 1. The molecule has 0 unspecified atom stereocenters. The van der Waals surface area contributed by atoms with E-state index in [2.05, 4.69) is 10.3 Å². The van der Waals surface area contributed by atoms with Crippen molar-refractivity contribution in [3.8, 4) is 5.75 Å². The fourth-order valence-electron chi connectivity index (χ4n) is 4.18. The summed E-state index contributed by atoms with van der Waals surface area (Å²) in [5.41, 5.74) is 4.15. The molecule has 0 aliphatic rings. The van der Waals surface area contributed by atoms with E-state index in [1.807, 2.05) is 67.6 Å². The van der Waals surface area contributed by atoms with Crippen molar-refractivity contribution < 1.29 is 19.1 Å². The van der Waals surface area contributed by atoms with Crippen LogP contribution in [0.1, 0.15) is 27.2 Å².